The van der Waals surface area contributed by atoms with Crippen LogP contribution in [0.1, 0.15) is 36.0 Å². The van der Waals surface area contributed by atoms with Crippen molar-refractivity contribution in [2.24, 2.45) is 0 Å². The van der Waals surface area contributed by atoms with Gasteiger partial charge in [0.2, 0.25) is 0 Å². The first-order valence-electron chi connectivity index (χ1n) is 6.49. The Labute approximate surface area is 122 Å². The molecule has 1 aromatic rings. The maximum atomic E-state index is 13.3. The minimum absolute atomic E-state index is 0.199. The molecule has 0 aromatic heterocycles. The largest absolute Gasteiger partial charge is 0.465 e. The van der Waals surface area contributed by atoms with Crippen molar-refractivity contribution in [3.05, 3.63) is 29.6 Å². The Morgan fingerprint density at radius 1 is 1.33 bits per heavy atom. The summed E-state index contributed by atoms with van der Waals surface area (Å²) < 4.78 is 42.1. The highest BCUT2D eigenvalue weighted by molar-refractivity contribution is 7.89. The Hall–Kier alpha value is -1.51. The Morgan fingerprint density at radius 3 is 2.62 bits per heavy atom. The van der Waals surface area contributed by atoms with Crippen LogP contribution in [0.2, 0.25) is 0 Å². The van der Waals surface area contributed by atoms with Crippen LogP contribution in [0, 0.1) is 5.82 Å². The monoisotopic (exact) mass is 317 g/mol. The van der Waals surface area contributed by atoms with Crippen molar-refractivity contribution in [3.63, 3.8) is 0 Å². The average Bonchev–Trinajstić information content (AvgIpc) is 2.98. The summed E-state index contributed by atoms with van der Waals surface area (Å²) in [5, 5.41) is 0. The van der Waals surface area contributed by atoms with Crippen LogP contribution in [0.15, 0.2) is 23.1 Å². The minimum atomic E-state index is -4.17. The fraction of sp³-hybridized carbons (Fsp3) is 0.462. The molecule has 0 saturated heterocycles. The maximum absolute atomic E-state index is 13.3. The van der Waals surface area contributed by atoms with Gasteiger partial charge >= 0.3 is 5.97 Å². The first-order valence-corrected chi connectivity index (χ1v) is 7.97. The van der Waals surface area contributed by atoms with Crippen LogP contribution in [0.3, 0.4) is 0 Å². The van der Waals surface area contributed by atoms with Gasteiger partial charge in [0, 0.05) is 0 Å². The highest BCUT2D eigenvalue weighted by Crippen LogP contribution is 2.22. The third-order valence-corrected chi connectivity index (χ3v) is 4.50. The van der Waals surface area contributed by atoms with Gasteiger partial charge in [-0.05, 0) is 31.0 Å². The fourth-order valence-electron chi connectivity index (χ4n) is 2.18. The first-order chi connectivity index (χ1) is 9.94. The molecule has 0 spiro atoms. The topological polar surface area (TPSA) is 81.7 Å². The molecule has 1 fully saturated rings. The molecular weight excluding hydrogens is 301 g/mol. The van der Waals surface area contributed by atoms with Crippen molar-refractivity contribution < 1.29 is 27.2 Å². The summed E-state index contributed by atoms with van der Waals surface area (Å²) in [4.78, 5) is 18.1. The maximum Gasteiger partial charge on any atom is 0.339 e. The van der Waals surface area contributed by atoms with Crippen molar-refractivity contribution in [1.29, 1.82) is 0 Å². The van der Waals surface area contributed by atoms with Gasteiger partial charge in [-0.15, -0.1) is 0 Å². The number of benzene rings is 1. The molecule has 0 unspecified atom stereocenters. The molecule has 1 aliphatic carbocycles. The van der Waals surface area contributed by atoms with Crippen molar-refractivity contribution in [2.45, 2.75) is 36.7 Å². The zero-order valence-electron chi connectivity index (χ0n) is 11.5. The predicted molar refractivity (Wildman–Crippen MR) is 71.4 cm³/mol. The van der Waals surface area contributed by atoms with Gasteiger partial charge < -0.3 is 4.74 Å². The van der Waals surface area contributed by atoms with Gasteiger partial charge in [-0.25, -0.2) is 17.6 Å². The zero-order valence-corrected chi connectivity index (χ0v) is 12.3. The molecule has 1 saturated carbocycles. The molecule has 0 atom stereocenters. The van der Waals surface area contributed by atoms with Crippen LogP contribution in [0.5, 0.6) is 0 Å². The lowest BCUT2D eigenvalue weighted by molar-refractivity contribution is 0.0223. The van der Waals surface area contributed by atoms with Crippen molar-refractivity contribution in [1.82, 2.24) is 4.89 Å². The standard InChI is InChI=1S/C13H16FNO5S/c1-19-13(16)11-7-6-9(14)8-12(11)21(17,18)15-20-10-4-2-3-5-10/h6-8,10,15H,2-5H2,1H3. The van der Waals surface area contributed by atoms with Crippen molar-refractivity contribution in [2.75, 3.05) is 7.11 Å². The van der Waals surface area contributed by atoms with E-state index in [2.05, 4.69) is 4.74 Å². The van der Waals surface area contributed by atoms with Gasteiger partial charge in [0.15, 0.2) is 0 Å². The SMILES string of the molecule is COC(=O)c1ccc(F)cc1S(=O)(=O)NOC1CCCC1. The molecule has 0 heterocycles. The van der Waals surface area contributed by atoms with Crippen LogP contribution in [-0.4, -0.2) is 27.6 Å². The summed E-state index contributed by atoms with van der Waals surface area (Å²) in [5.74, 6) is -1.64. The fourth-order valence-corrected chi connectivity index (χ4v) is 3.24. The number of sulfonamides is 1. The van der Waals surface area contributed by atoms with E-state index in [0.717, 1.165) is 51.0 Å². The molecule has 0 aliphatic heterocycles. The average molecular weight is 317 g/mol. The van der Waals surface area contributed by atoms with E-state index in [1.54, 1.807) is 0 Å². The van der Waals surface area contributed by atoms with E-state index in [9.17, 15) is 17.6 Å². The number of rotatable bonds is 5. The third-order valence-electron chi connectivity index (χ3n) is 3.27. The summed E-state index contributed by atoms with van der Waals surface area (Å²) in [6, 6.07) is 2.81. The molecule has 0 bridgehead atoms. The number of methoxy groups -OCH3 is 1. The van der Waals surface area contributed by atoms with Crippen LogP contribution in [-0.2, 0) is 19.6 Å². The Balaban J connectivity index is 2.25. The van der Waals surface area contributed by atoms with E-state index in [-0.39, 0.29) is 11.7 Å². The summed E-state index contributed by atoms with van der Waals surface area (Å²) in [6.45, 7) is 0. The van der Waals surface area contributed by atoms with Crippen molar-refractivity contribution in [3.8, 4) is 0 Å². The van der Waals surface area contributed by atoms with E-state index >= 15 is 0 Å². The number of esters is 1. The lowest BCUT2D eigenvalue weighted by Gasteiger charge is -2.13. The van der Waals surface area contributed by atoms with E-state index in [4.69, 9.17) is 4.84 Å². The summed E-state index contributed by atoms with van der Waals surface area (Å²) in [7, 11) is -3.05. The van der Waals surface area contributed by atoms with Gasteiger partial charge in [-0.3, -0.25) is 4.84 Å². The molecule has 6 nitrogen and oxygen atoms in total. The number of carbonyl (C=O) groups excluding carboxylic acids is 1. The summed E-state index contributed by atoms with van der Waals surface area (Å²) in [5.41, 5.74) is -0.249. The zero-order chi connectivity index (χ0) is 15.5. The highest BCUT2D eigenvalue weighted by Gasteiger charge is 2.26. The van der Waals surface area contributed by atoms with Gasteiger partial charge in [0.25, 0.3) is 10.0 Å². The van der Waals surface area contributed by atoms with E-state index in [0.29, 0.717) is 0 Å². The normalized spacial score (nSPS) is 16.1. The van der Waals surface area contributed by atoms with E-state index in [1.165, 1.54) is 0 Å². The van der Waals surface area contributed by atoms with Gasteiger partial charge in [0.1, 0.15) is 10.7 Å². The molecule has 1 aromatic carbocycles. The summed E-state index contributed by atoms with van der Waals surface area (Å²) in [6.07, 6.45) is 3.26. The second kappa shape index (κ2) is 6.50. The van der Waals surface area contributed by atoms with Crippen molar-refractivity contribution >= 4 is 16.0 Å². The second-order valence-corrected chi connectivity index (χ2v) is 6.36. The lowest BCUT2D eigenvalue weighted by Crippen LogP contribution is -2.30. The molecule has 116 valence electrons. The number of carbonyl (C=O) groups is 1. The smallest absolute Gasteiger partial charge is 0.339 e. The Bertz CT molecular complexity index is 625. The lowest BCUT2D eigenvalue weighted by atomic mass is 10.2. The Kier molecular flexibility index (Phi) is 4.92. The number of nitrogens with one attached hydrogen (secondary N) is 1. The second-order valence-electron chi connectivity index (χ2n) is 4.74. The van der Waals surface area contributed by atoms with E-state index in [1.807, 2.05) is 4.89 Å². The number of ether oxygens (including phenoxy) is 1. The molecule has 2 rings (SSSR count). The molecule has 0 amide bonds. The first kappa shape index (κ1) is 15.9. The molecule has 21 heavy (non-hydrogen) atoms. The number of hydrogen-bond acceptors (Lipinski definition) is 5. The van der Waals surface area contributed by atoms with Gasteiger partial charge in [-0.1, -0.05) is 17.7 Å². The van der Waals surface area contributed by atoms with Gasteiger partial charge in [0.05, 0.1) is 18.8 Å². The number of halogens is 1. The Morgan fingerprint density at radius 2 is 2.00 bits per heavy atom. The highest BCUT2D eigenvalue weighted by atomic mass is 32.2. The predicted octanol–water partition coefficient (Wildman–Crippen LogP) is 1.76. The van der Waals surface area contributed by atoms with E-state index < -0.39 is 26.7 Å². The van der Waals surface area contributed by atoms with Crippen LogP contribution in [0.25, 0.3) is 0 Å². The quantitative estimate of drug-likeness (QED) is 0.661. The number of hydrogen-bond donors (Lipinski definition) is 1. The molecule has 1 aliphatic rings. The minimum Gasteiger partial charge on any atom is -0.465 e. The summed E-state index contributed by atoms with van der Waals surface area (Å²) >= 11 is 0. The van der Waals surface area contributed by atoms with Crippen LogP contribution < -0.4 is 4.89 Å². The molecule has 1 N–H and O–H groups in total. The van der Waals surface area contributed by atoms with Gasteiger partial charge in [-0.2, -0.15) is 0 Å². The third kappa shape index (κ3) is 3.78. The molecular formula is C13H16FNO5S. The van der Waals surface area contributed by atoms with Crippen LogP contribution in [0.4, 0.5) is 4.39 Å². The molecule has 8 heteroatoms. The van der Waals surface area contributed by atoms with Crippen LogP contribution >= 0.6 is 0 Å². The molecule has 0 radical (unpaired) electrons.